The Morgan fingerprint density at radius 2 is 1.33 bits per heavy atom. The van der Waals surface area contributed by atoms with Gasteiger partial charge in [-0.25, -0.2) is 0 Å². The molecule has 15 heavy (non-hydrogen) atoms. The summed E-state index contributed by atoms with van der Waals surface area (Å²) in [5.74, 6) is -1.04. The highest BCUT2D eigenvalue weighted by atomic mass is 16.5. The van der Waals surface area contributed by atoms with Crippen molar-refractivity contribution >= 4 is 11.9 Å². The molecule has 0 saturated carbocycles. The van der Waals surface area contributed by atoms with Crippen LogP contribution < -0.4 is 0 Å². The molecule has 0 aromatic heterocycles. The van der Waals surface area contributed by atoms with E-state index in [4.69, 9.17) is 14.6 Å². The molecule has 0 aromatic rings. The summed E-state index contributed by atoms with van der Waals surface area (Å²) >= 11 is 0. The molecular formula is C10H22O5. The van der Waals surface area contributed by atoms with Crippen molar-refractivity contribution in [2.24, 2.45) is 0 Å². The summed E-state index contributed by atoms with van der Waals surface area (Å²) < 4.78 is 9.24. The van der Waals surface area contributed by atoms with Gasteiger partial charge in [0.25, 0.3) is 5.97 Å². The van der Waals surface area contributed by atoms with Crippen molar-refractivity contribution in [2.75, 3.05) is 19.8 Å². The monoisotopic (exact) mass is 222 g/mol. The van der Waals surface area contributed by atoms with Gasteiger partial charge in [0.1, 0.15) is 0 Å². The number of hydrogen-bond acceptors (Lipinski definition) is 4. The molecule has 0 saturated heterocycles. The van der Waals surface area contributed by atoms with Crippen LogP contribution in [0, 0.1) is 0 Å². The Kier molecular flexibility index (Phi) is 24.2. The lowest BCUT2D eigenvalue weighted by atomic mass is 10.8. The van der Waals surface area contributed by atoms with Gasteiger partial charge >= 0.3 is 5.97 Å². The average molecular weight is 222 g/mol. The molecule has 0 unspecified atom stereocenters. The molecule has 92 valence electrons. The molecule has 0 aliphatic carbocycles. The minimum absolute atomic E-state index is 0.211. The van der Waals surface area contributed by atoms with Crippen molar-refractivity contribution in [3.63, 3.8) is 0 Å². The number of hydrogen-bond donors (Lipinski definition) is 1. The van der Waals surface area contributed by atoms with Crippen LogP contribution in [0.2, 0.25) is 0 Å². The number of rotatable bonds is 3. The van der Waals surface area contributed by atoms with Crippen LogP contribution in [0.4, 0.5) is 0 Å². The first-order valence-corrected chi connectivity index (χ1v) is 4.82. The summed E-state index contributed by atoms with van der Waals surface area (Å²) in [4.78, 5) is 18.8. The van der Waals surface area contributed by atoms with Crippen molar-refractivity contribution in [2.45, 2.75) is 34.6 Å². The van der Waals surface area contributed by atoms with E-state index < -0.39 is 5.97 Å². The first-order valence-electron chi connectivity index (χ1n) is 4.82. The highest BCUT2D eigenvalue weighted by molar-refractivity contribution is 5.65. The van der Waals surface area contributed by atoms with Gasteiger partial charge in [-0.15, -0.1) is 0 Å². The maximum atomic E-state index is 9.82. The molecule has 0 heterocycles. The van der Waals surface area contributed by atoms with Gasteiger partial charge < -0.3 is 14.6 Å². The van der Waals surface area contributed by atoms with Gasteiger partial charge in [0, 0.05) is 27.1 Å². The number of carbonyl (C=O) groups excluding carboxylic acids is 1. The number of esters is 1. The molecular weight excluding hydrogens is 200 g/mol. The van der Waals surface area contributed by atoms with Gasteiger partial charge in [0.15, 0.2) is 0 Å². The fourth-order valence-electron chi connectivity index (χ4n) is 0.407. The molecule has 0 fully saturated rings. The summed E-state index contributed by atoms with van der Waals surface area (Å²) in [5, 5.41) is 7.42. The van der Waals surface area contributed by atoms with E-state index in [9.17, 15) is 4.79 Å². The smallest absolute Gasteiger partial charge is 0.302 e. The van der Waals surface area contributed by atoms with E-state index in [2.05, 4.69) is 4.74 Å². The van der Waals surface area contributed by atoms with Crippen LogP contribution in [0.5, 0.6) is 0 Å². The van der Waals surface area contributed by atoms with Gasteiger partial charge in [0.2, 0.25) is 0 Å². The largest absolute Gasteiger partial charge is 0.481 e. The summed E-state index contributed by atoms with van der Waals surface area (Å²) in [7, 11) is 0. The second kappa shape index (κ2) is 18.6. The van der Waals surface area contributed by atoms with Crippen LogP contribution in [0.25, 0.3) is 0 Å². The first kappa shape index (κ1) is 19.5. The molecule has 0 spiro atoms. The molecule has 0 radical (unpaired) electrons. The molecule has 0 aliphatic heterocycles. The summed E-state index contributed by atoms with van der Waals surface area (Å²) in [6, 6.07) is 0. The third-order valence-corrected chi connectivity index (χ3v) is 0.756. The van der Waals surface area contributed by atoms with Crippen LogP contribution in [-0.2, 0) is 19.1 Å². The van der Waals surface area contributed by atoms with E-state index in [0.29, 0.717) is 6.61 Å². The van der Waals surface area contributed by atoms with Crippen LogP contribution in [-0.4, -0.2) is 36.9 Å². The molecule has 0 aliphatic rings. The standard InChI is InChI=1S/C4H8O2.C4H10O.C2H4O2/c1-3-6-4(2)5;1-3-5-4-2;1-2(3)4/h3H2,1-2H3;3-4H2,1-2H3;1H3,(H,3,4). The second-order valence-corrected chi connectivity index (χ2v) is 2.23. The molecule has 0 amide bonds. The maximum Gasteiger partial charge on any atom is 0.302 e. The molecule has 5 heteroatoms. The fraction of sp³-hybridized carbons (Fsp3) is 0.800. The van der Waals surface area contributed by atoms with Crippen molar-refractivity contribution in [1.82, 2.24) is 0 Å². The number of carboxylic acids is 1. The van der Waals surface area contributed by atoms with Crippen LogP contribution in [0.3, 0.4) is 0 Å². The minimum Gasteiger partial charge on any atom is -0.481 e. The Morgan fingerprint density at radius 1 is 1.00 bits per heavy atom. The molecule has 0 atom stereocenters. The van der Waals surface area contributed by atoms with E-state index in [1.165, 1.54) is 6.92 Å². The minimum atomic E-state index is -0.833. The first-order chi connectivity index (χ1) is 6.92. The van der Waals surface area contributed by atoms with Crippen molar-refractivity contribution in [3.8, 4) is 0 Å². The topological polar surface area (TPSA) is 72.8 Å². The Morgan fingerprint density at radius 3 is 1.33 bits per heavy atom. The zero-order chi connectivity index (χ0) is 12.7. The Hall–Kier alpha value is -1.10. The van der Waals surface area contributed by atoms with Gasteiger partial charge in [-0.2, -0.15) is 0 Å². The predicted molar refractivity (Wildman–Crippen MR) is 57.8 cm³/mol. The number of carboxylic acid groups (broad SMARTS) is 1. The van der Waals surface area contributed by atoms with Crippen LogP contribution in [0.15, 0.2) is 0 Å². The number of carbonyl (C=O) groups is 2. The van der Waals surface area contributed by atoms with Crippen molar-refractivity contribution in [1.29, 1.82) is 0 Å². The van der Waals surface area contributed by atoms with Gasteiger partial charge in [-0.05, 0) is 20.8 Å². The van der Waals surface area contributed by atoms with E-state index in [1.807, 2.05) is 13.8 Å². The molecule has 5 nitrogen and oxygen atoms in total. The van der Waals surface area contributed by atoms with E-state index in [0.717, 1.165) is 20.1 Å². The fourth-order valence-corrected chi connectivity index (χ4v) is 0.407. The average Bonchev–Trinajstić information content (AvgIpc) is 2.05. The maximum absolute atomic E-state index is 9.82. The summed E-state index contributed by atoms with van der Waals surface area (Å²) in [6.45, 7) is 10.4. The predicted octanol–water partition coefficient (Wildman–Crippen LogP) is 1.70. The number of ether oxygens (including phenoxy) is 2. The zero-order valence-electron chi connectivity index (χ0n) is 10.2. The normalized spacial score (nSPS) is 7.53. The van der Waals surface area contributed by atoms with Gasteiger partial charge in [-0.3, -0.25) is 9.59 Å². The number of aliphatic carboxylic acids is 1. The quantitative estimate of drug-likeness (QED) is 0.736. The van der Waals surface area contributed by atoms with Gasteiger partial charge in [-0.1, -0.05) is 0 Å². The van der Waals surface area contributed by atoms with Gasteiger partial charge in [0.05, 0.1) is 6.61 Å². The molecule has 0 bridgehead atoms. The third kappa shape index (κ3) is 101. The zero-order valence-corrected chi connectivity index (χ0v) is 10.2. The molecule has 1 N–H and O–H groups in total. The third-order valence-electron chi connectivity index (χ3n) is 0.756. The Balaban J connectivity index is -0.000000147. The highest BCUT2D eigenvalue weighted by Crippen LogP contribution is 1.69. The van der Waals surface area contributed by atoms with Crippen LogP contribution in [0.1, 0.15) is 34.6 Å². The van der Waals surface area contributed by atoms with E-state index in [-0.39, 0.29) is 5.97 Å². The lowest BCUT2D eigenvalue weighted by Gasteiger charge is -1.89. The molecule has 0 aromatic carbocycles. The Bertz CT molecular complexity index is 139. The second-order valence-electron chi connectivity index (χ2n) is 2.23. The van der Waals surface area contributed by atoms with Crippen molar-refractivity contribution in [3.05, 3.63) is 0 Å². The summed E-state index contributed by atoms with van der Waals surface area (Å²) in [6.07, 6.45) is 0. The molecule has 0 rings (SSSR count). The van der Waals surface area contributed by atoms with E-state index >= 15 is 0 Å². The summed E-state index contributed by atoms with van der Waals surface area (Å²) in [5.41, 5.74) is 0. The Labute approximate surface area is 91.4 Å². The lowest BCUT2D eigenvalue weighted by molar-refractivity contribution is -0.140. The van der Waals surface area contributed by atoms with E-state index in [1.54, 1.807) is 6.92 Å². The van der Waals surface area contributed by atoms with Crippen LogP contribution >= 0.6 is 0 Å². The lowest BCUT2D eigenvalue weighted by Crippen LogP contribution is -1.95. The highest BCUT2D eigenvalue weighted by Gasteiger charge is 1.81. The van der Waals surface area contributed by atoms with Crippen molar-refractivity contribution < 1.29 is 24.2 Å². The SMILES string of the molecule is CC(=O)O.CCOC(C)=O.CCOCC.